The number of hydrogen-bond donors (Lipinski definition) is 2. The highest BCUT2D eigenvalue weighted by Crippen LogP contribution is 2.36. The van der Waals surface area contributed by atoms with Gasteiger partial charge in [-0.3, -0.25) is 9.69 Å². The van der Waals surface area contributed by atoms with Crippen molar-refractivity contribution in [3.05, 3.63) is 29.8 Å². The minimum atomic E-state index is -0.957. The number of para-hydroxylation sites is 1. The van der Waals surface area contributed by atoms with Crippen LogP contribution in [0, 0.1) is 5.92 Å². The Balaban J connectivity index is 1.96. The van der Waals surface area contributed by atoms with E-state index >= 15 is 0 Å². The minimum absolute atomic E-state index is 0.132. The number of aliphatic carboxylic acids is 1. The molecule has 2 unspecified atom stereocenters. The molecular weight excluding hydrogens is 256 g/mol. The molecule has 0 aromatic heterocycles. The number of carbonyl (C=O) groups is 2. The SMILES string of the molecule is NC1CCCC1C(=O)N1c2ccccc2C[C@H]1C(=O)O. The fourth-order valence-corrected chi connectivity index (χ4v) is 3.33. The molecule has 0 saturated heterocycles. The number of fused-ring (bicyclic) bond motifs is 1. The predicted molar refractivity (Wildman–Crippen MR) is 74.4 cm³/mol. The summed E-state index contributed by atoms with van der Waals surface area (Å²) in [6, 6.07) is 6.45. The van der Waals surface area contributed by atoms with Crippen molar-refractivity contribution in [2.75, 3.05) is 4.90 Å². The summed E-state index contributed by atoms with van der Waals surface area (Å²) in [4.78, 5) is 25.6. The Bertz CT molecular complexity index is 558. The number of nitrogens with zero attached hydrogens (tertiary/aromatic N) is 1. The number of carboxylic acid groups (broad SMARTS) is 1. The average Bonchev–Trinajstić information content (AvgIpc) is 3.01. The fraction of sp³-hybridized carbons (Fsp3) is 0.467. The van der Waals surface area contributed by atoms with Gasteiger partial charge in [-0.15, -0.1) is 0 Å². The summed E-state index contributed by atoms with van der Waals surface area (Å²) in [5.41, 5.74) is 7.64. The van der Waals surface area contributed by atoms with Crippen LogP contribution in [0.15, 0.2) is 24.3 Å². The number of hydrogen-bond acceptors (Lipinski definition) is 3. The molecular formula is C15H18N2O3. The molecule has 3 atom stereocenters. The lowest BCUT2D eigenvalue weighted by Gasteiger charge is -2.27. The third-order valence-corrected chi connectivity index (χ3v) is 4.39. The van der Waals surface area contributed by atoms with Gasteiger partial charge in [0, 0.05) is 18.2 Å². The molecule has 2 aliphatic rings. The van der Waals surface area contributed by atoms with Gasteiger partial charge in [0.25, 0.3) is 0 Å². The Labute approximate surface area is 117 Å². The van der Waals surface area contributed by atoms with E-state index in [9.17, 15) is 14.7 Å². The average molecular weight is 274 g/mol. The van der Waals surface area contributed by atoms with E-state index in [2.05, 4.69) is 0 Å². The molecule has 0 spiro atoms. The topological polar surface area (TPSA) is 83.6 Å². The van der Waals surface area contributed by atoms with Crippen LogP contribution in [0.3, 0.4) is 0 Å². The van der Waals surface area contributed by atoms with Crippen LogP contribution in [0.1, 0.15) is 24.8 Å². The fourth-order valence-electron chi connectivity index (χ4n) is 3.33. The van der Waals surface area contributed by atoms with Gasteiger partial charge >= 0.3 is 5.97 Å². The van der Waals surface area contributed by atoms with Crippen molar-refractivity contribution in [2.24, 2.45) is 11.7 Å². The maximum absolute atomic E-state index is 12.7. The number of rotatable bonds is 2. The van der Waals surface area contributed by atoms with Gasteiger partial charge in [0.15, 0.2) is 0 Å². The Morgan fingerprint density at radius 3 is 2.65 bits per heavy atom. The van der Waals surface area contributed by atoms with Crippen LogP contribution in [0.4, 0.5) is 5.69 Å². The van der Waals surface area contributed by atoms with Crippen LogP contribution in [-0.4, -0.2) is 29.1 Å². The molecule has 1 saturated carbocycles. The molecule has 0 radical (unpaired) electrons. The van der Waals surface area contributed by atoms with Crippen LogP contribution in [0.2, 0.25) is 0 Å². The third kappa shape index (κ3) is 1.98. The second-order valence-corrected chi connectivity index (χ2v) is 5.60. The van der Waals surface area contributed by atoms with E-state index < -0.39 is 12.0 Å². The molecule has 3 N–H and O–H groups in total. The monoisotopic (exact) mass is 274 g/mol. The van der Waals surface area contributed by atoms with E-state index in [4.69, 9.17) is 5.73 Å². The van der Waals surface area contributed by atoms with Gasteiger partial charge in [0.2, 0.25) is 5.91 Å². The van der Waals surface area contributed by atoms with Crippen molar-refractivity contribution in [1.82, 2.24) is 0 Å². The first-order chi connectivity index (χ1) is 9.59. The normalized spacial score (nSPS) is 28.4. The van der Waals surface area contributed by atoms with Gasteiger partial charge in [-0.2, -0.15) is 0 Å². The molecule has 5 heteroatoms. The van der Waals surface area contributed by atoms with E-state index in [1.807, 2.05) is 24.3 Å². The van der Waals surface area contributed by atoms with Crippen LogP contribution >= 0.6 is 0 Å². The van der Waals surface area contributed by atoms with Crippen molar-refractivity contribution in [2.45, 2.75) is 37.8 Å². The summed E-state index contributed by atoms with van der Waals surface area (Å²) in [5, 5.41) is 9.39. The van der Waals surface area contributed by atoms with Crippen LogP contribution in [0.25, 0.3) is 0 Å². The summed E-state index contributed by atoms with van der Waals surface area (Å²) in [6.45, 7) is 0. The van der Waals surface area contributed by atoms with Crippen molar-refractivity contribution in [3.63, 3.8) is 0 Å². The highest BCUT2D eigenvalue weighted by Gasteiger charge is 2.43. The predicted octanol–water partition coefficient (Wildman–Crippen LogP) is 1.16. The molecule has 5 nitrogen and oxygen atoms in total. The highest BCUT2D eigenvalue weighted by atomic mass is 16.4. The van der Waals surface area contributed by atoms with Crippen LogP contribution in [-0.2, 0) is 16.0 Å². The van der Waals surface area contributed by atoms with Gasteiger partial charge in [-0.05, 0) is 24.5 Å². The minimum Gasteiger partial charge on any atom is -0.480 e. The molecule has 106 valence electrons. The number of carboxylic acids is 1. The molecule has 1 aromatic rings. The molecule has 1 fully saturated rings. The van der Waals surface area contributed by atoms with E-state index in [1.54, 1.807) is 0 Å². The quantitative estimate of drug-likeness (QED) is 0.847. The molecule has 0 bridgehead atoms. The number of anilines is 1. The van der Waals surface area contributed by atoms with Crippen molar-refractivity contribution in [1.29, 1.82) is 0 Å². The lowest BCUT2D eigenvalue weighted by molar-refractivity contribution is -0.140. The zero-order valence-electron chi connectivity index (χ0n) is 11.2. The summed E-state index contributed by atoms with van der Waals surface area (Å²) in [7, 11) is 0. The van der Waals surface area contributed by atoms with Crippen molar-refractivity contribution >= 4 is 17.6 Å². The van der Waals surface area contributed by atoms with Gasteiger partial charge in [-0.1, -0.05) is 24.6 Å². The number of amides is 1. The van der Waals surface area contributed by atoms with Gasteiger partial charge in [0.1, 0.15) is 6.04 Å². The van der Waals surface area contributed by atoms with Crippen molar-refractivity contribution in [3.8, 4) is 0 Å². The smallest absolute Gasteiger partial charge is 0.327 e. The lowest BCUT2D eigenvalue weighted by atomic mass is 10.0. The third-order valence-electron chi connectivity index (χ3n) is 4.39. The maximum atomic E-state index is 12.7. The number of carbonyl (C=O) groups excluding carboxylic acids is 1. The molecule has 1 amide bonds. The van der Waals surface area contributed by atoms with Gasteiger partial charge < -0.3 is 10.8 Å². The Hall–Kier alpha value is -1.88. The first kappa shape index (κ1) is 13.1. The van der Waals surface area contributed by atoms with E-state index in [-0.39, 0.29) is 17.9 Å². The van der Waals surface area contributed by atoms with E-state index in [1.165, 1.54) is 4.90 Å². The molecule has 1 aliphatic carbocycles. The molecule has 1 aromatic carbocycles. The zero-order chi connectivity index (χ0) is 14.3. The van der Waals surface area contributed by atoms with Gasteiger partial charge in [-0.25, -0.2) is 4.79 Å². The largest absolute Gasteiger partial charge is 0.480 e. The zero-order valence-corrected chi connectivity index (χ0v) is 11.2. The summed E-state index contributed by atoms with van der Waals surface area (Å²) in [5.74, 6) is -1.34. The second kappa shape index (κ2) is 4.90. The second-order valence-electron chi connectivity index (χ2n) is 5.60. The summed E-state index contributed by atoms with van der Waals surface area (Å²) >= 11 is 0. The Kier molecular flexibility index (Phi) is 3.22. The molecule has 1 aliphatic heterocycles. The summed E-state index contributed by atoms with van der Waals surface area (Å²) in [6.07, 6.45) is 2.90. The van der Waals surface area contributed by atoms with E-state index in [0.717, 1.165) is 30.5 Å². The van der Waals surface area contributed by atoms with Crippen molar-refractivity contribution < 1.29 is 14.7 Å². The molecule has 20 heavy (non-hydrogen) atoms. The number of nitrogens with two attached hydrogens (primary N) is 1. The highest BCUT2D eigenvalue weighted by molar-refractivity contribution is 6.03. The van der Waals surface area contributed by atoms with Crippen LogP contribution < -0.4 is 10.6 Å². The lowest BCUT2D eigenvalue weighted by Crippen LogP contribution is -2.48. The summed E-state index contributed by atoms with van der Waals surface area (Å²) < 4.78 is 0. The molecule has 1 heterocycles. The first-order valence-electron chi connectivity index (χ1n) is 6.99. The van der Waals surface area contributed by atoms with Crippen LogP contribution in [0.5, 0.6) is 0 Å². The molecule has 3 rings (SSSR count). The van der Waals surface area contributed by atoms with Gasteiger partial charge in [0.05, 0.1) is 5.92 Å². The Morgan fingerprint density at radius 1 is 1.25 bits per heavy atom. The first-order valence-corrected chi connectivity index (χ1v) is 6.99. The maximum Gasteiger partial charge on any atom is 0.327 e. The number of benzene rings is 1. The Morgan fingerprint density at radius 2 is 2.00 bits per heavy atom. The van der Waals surface area contributed by atoms with E-state index in [0.29, 0.717) is 6.42 Å². The standard InChI is InChI=1S/C15H18N2O3/c16-11-6-3-5-10(11)14(18)17-12-7-2-1-4-9(12)8-13(17)15(19)20/h1-2,4,7,10-11,13H,3,5-6,8,16H2,(H,19,20)/t10?,11?,13-/m0/s1.